The normalized spacial score (nSPS) is 10.5. The quantitative estimate of drug-likeness (QED) is 0.874. The van der Waals surface area contributed by atoms with Gasteiger partial charge in [-0.05, 0) is 11.4 Å². The smallest absolute Gasteiger partial charge is 0.209 e. The molecule has 1 aromatic heterocycles. The van der Waals surface area contributed by atoms with Crippen LogP contribution < -0.4 is 0 Å². The highest BCUT2D eigenvalue weighted by Crippen LogP contribution is 2.21. The molecule has 0 spiro atoms. The third-order valence-corrected chi connectivity index (χ3v) is 3.73. The first kappa shape index (κ1) is 12.4. The number of halogens is 1. The van der Waals surface area contributed by atoms with Gasteiger partial charge in [-0.15, -0.1) is 5.10 Å². The van der Waals surface area contributed by atoms with E-state index in [4.69, 9.17) is 0 Å². The van der Waals surface area contributed by atoms with Crippen molar-refractivity contribution in [2.75, 3.05) is 5.75 Å². The lowest BCUT2D eigenvalue weighted by molar-refractivity contribution is 0.975. The molecule has 0 unspecified atom stereocenters. The van der Waals surface area contributed by atoms with Gasteiger partial charge in [-0.2, -0.15) is 0 Å². The average molecular weight is 310 g/mol. The Bertz CT molecular complexity index is 519. The SMILES string of the molecule is C=C(Br)CSc1n[nH]c(-c2ccc(C)cc2)n1. The predicted octanol–water partition coefficient (Wildman–Crippen LogP) is 3.78. The van der Waals surface area contributed by atoms with Crippen LogP contribution in [0.15, 0.2) is 40.5 Å². The van der Waals surface area contributed by atoms with Crippen LogP contribution in [0.25, 0.3) is 11.4 Å². The predicted molar refractivity (Wildman–Crippen MR) is 75.3 cm³/mol. The first-order chi connectivity index (χ1) is 8.15. The Labute approximate surface area is 113 Å². The molecule has 0 bridgehead atoms. The summed E-state index contributed by atoms with van der Waals surface area (Å²) in [6, 6.07) is 8.19. The number of nitrogens with one attached hydrogen (secondary N) is 1. The van der Waals surface area contributed by atoms with Gasteiger partial charge in [0.25, 0.3) is 0 Å². The zero-order valence-electron chi connectivity index (χ0n) is 9.40. The molecule has 0 fully saturated rings. The van der Waals surface area contributed by atoms with Gasteiger partial charge in [0.05, 0.1) is 0 Å². The van der Waals surface area contributed by atoms with Crippen molar-refractivity contribution in [2.24, 2.45) is 0 Å². The third-order valence-electron chi connectivity index (χ3n) is 2.15. The first-order valence-electron chi connectivity index (χ1n) is 5.10. The second kappa shape index (κ2) is 5.51. The monoisotopic (exact) mass is 309 g/mol. The number of aryl methyl sites for hydroxylation is 1. The van der Waals surface area contributed by atoms with Gasteiger partial charge < -0.3 is 0 Å². The van der Waals surface area contributed by atoms with Crippen LogP contribution in [0.4, 0.5) is 0 Å². The summed E-state index contributed by atoms with van der Waals surface area (Å²) >= 11 is 4.86. The summed E-state index contributed by atoms with van der Waals surface area (Å²) in [5.74, 6) is 1.57. The summed E-state index contributed by atoms with van der Waals surface area (Å²) in [5.41, 5.74) is 2.28. The van der Waals surface area contributed by atoms with Crippen LogP contribution in [-0.2, 0) is 0 Å². The molecule has 5 heteroatoms. The molecule has 2 rings (SSSR count). The Morgan fingerprint density at radius 2 is 2.12 bits per heavy atom. The van der Waals surface area contributed by atoms with E-state index in [2.05, 4.69) is 56.7 Å². The highest BCUT2D eigenvalue weighted by Gasteiger charge is 2.05. The molecular weight excluding hydrogens is 298 g/mol. The van der Waals surface area contributed by atoms with E-state index in [-0.39, 0.29) is 0 Å². The van der Waals surface area contributed by atoms with Gasteiger partial charge in [0.1, 0.15) is 0 Å². The summed E-state index contributed by atoms with van der Waals surface area (Å²) in [4.78, 5) is 4.42. The van der Waals surface area contributed by atoms with Crippen molar-refractivity contribution in [1.29, 1.82) is 0 Å². The van der Waals surface area contributed by atoms with Gasteiger partial charge in [0.15, 0.2) is 5.82 Å². The Morgan fingerprint density at radius 1 is 1.41 bits per heavy atom. The fourth-order valence-corrected chi connectivity index (χ4v) is 2.19. The molecular formula is C12H12BrN3S. The van der Waals surface area contributed by atoms with Crippen molar-refractivity contribution < 1.29 is 0 Å². The standard InChI is InChI=1S/C12H12BrN3S/c1-8-3-5-10(6-4-8)11-14-12(16-15-11)17-7-9(2)13/h3-6H,2,7H2,1H3,(H,14,15,16). The molecule has 0 atom stereocenters. The molecule has 1 N–H and O–H groups in total. The number of aromatic amines is 1. The maximum atomic E-state index is 4.42. The van der Waals surface area contributed by atoms with E-state index >= 15 is 0 Å². The Morgan fingerprint density at radius 3 is 2.76 bits per heavy atom. The number of hydrogen-bond donors (Lipinski definition) is 1. The van der Waals surface area contributed by atoms with Gasteiger partial charge in [-0.1, -0.05) is 64.1 Å². The first-order valence-corrected chi connectivity index (χ1v) is 6.88. The van der Waals surface area contributed by atoms with Crippen LogP contribution in [0.5, 0.6) is 0 Å². The van der Waals surface area contributed by atoms with Crippen molar-refractivity contribution in [3.05, 3.63) is 40.9 Å². The number of benzene rings is 1. The Kier molecular flexibility index (Phi) is 4.02. The van der Waals surface area contributed by atoms with Crippen molar-refractivity contribution in [1.82, 2.24) is 15.2 Å². The molecule has 1 heterocycles. The molecule has 0 radical (unpaired) electrons. The van der Waals surface area contributed by atoms with E-state index < -0.39 is 0 Å². The lowest BCUT2D eigenvalue weighted by Crippen LogP contribution is -1.81. The molecule has 0 aliphatic carbocycles. The summed E-state index contributed by atoms with van der Waals surface area (Å²) in [5, 5.41) is 7.83. The van der Waals surface area contributed by atoms with E-state index in [0.717, 1.165) is 26.8 Å². The van der Waals surface area contributed by atoms with Crippen LogP contribution in [0.1, 0.15) is 5.56 Å². The van der Waals surface area contributed by atoms with E-state index in [1.807, 2.05) is 12.1 Å². The maximum absolute atomic E-state index is 4.42. The maximum Gasteiger partial charge on any atom is 0.209 e. The van der Waals surface area contributed by atoms with Crippen LogP contribution in [-0.4, -0.2) is 20.9 Å². The van der Waals surface area contributed by atoms with E-state index in [1.54, 1.807) is 11.8 Å². The summed E-state index contributed by atoms with van der Waals surface area (Å²) < 4.78 is 0.934. The number of nitrogens with zero attached hydrogens (tertiary/aromatic N) is 2. The van der Waals surface area contributed by atoms with Crippen LogP contribution in [0.2, 0.25) is 0 Å². The third kappa shape index (κ3) is 3.44. The number of thioether (sulfide) groups is 1. The highest BCUT2D eigenvalue weighted by molar-refractivity contribution is 9.11. The van der Waals surface area contributed by atoms with Crippen molar-refractivity contribution in [2.45, 2.75) is 12.1 Å². The van der Waals surface area contributed by atoms with E-state index in [9.17, 15) is 0 Å². The second-order valence-electron chi connectivity index (χ2n) is 3.64. The summed E-state index contributed by atoms with van der Waals surface area (Å²) in [6.45, 7) is 5.84. The number of hydrogen-bond acceptors (Lipinski definition) is 3. The number of aromatic nitrogens is 3. The zero-order valence-corrected chi connectivity index (χ0v) is 11.8. The lowest BCUT2D eigenvalue weighted by Gasteiger charge is -1.96. The lowest BCUT2D eigenvalue weighted by atomic mass is 10.1. The molecule has 3 nitrogen and oxygen atoms in total. The molecule has 0 saturated carbocycles. The fourth-order valence-electron chi connectivity index (χ4n) is 1.29. The minimum absolute atomic E-state index is 0.737. The second-order valence-corrected chi connectivity index (χ2v) is 5.70. The van der Waals surface area contributed by atoms with E-state index in [1.165, 1.54) is 5.56 Å². The largest absolute Gasteiger partial charge is 0.258 e. The molecule has 0 aliphatic rings. The molecule has 0 amide bonds. The molecule has 2 aromatic rings. The van der Waals surface area contributed by atoms with Gasteiger partial charge in [-0.3, -0.25) is 5.10 Å². The number of H-pyrrole nitrogens is 1. The Hall–Kier alpha value is -1.07. The van der Waals surface area contributed by atoms with Crippen molar-refractivity contribution in [3.8, 4) is 11.4 Å². The summed E-state index contributed by atoms with van der Waals surface area (Å²) in [6.07, 6.45) is 0. The highest BCUT2D eigenvalue weighted by atomic mass is 79.9. The molecule has 0 saturated heterocycles. The minimum Gasteiger partial charge on any atom is -0.258 e. The van der Waals surface area contributed by atoms with Crippen LogP contribution in [0, 0.1) is 6.92 Å². The topological polar surface area (TPSA) is 41.6 Å². The van der Waals surface area contributed by atoms with Gasteiger partial charge in [0.2, 0.25) is 5.16 Å². The van der Waals surface area contributed by atoms with Gasteiger partial charge in [0, 0.05) is 11.3 Å². The fraction of sp³-hybridized carbons (Fsp3) is 0.167. The average Bonchev–Trinajstić information content (AvgIpc) is 2.76. The van der Waals surface area contributed by atoms with Crippen molar-refractivity contribution in [3.63, 3.8) is 0 Å². The van der Waals surface area contributed by atoms with E-state index in [0.29, 0.717) is 0 Å². The van der Waals surface area contributed by atoms with Gasteiger partial charge in [-0.25, -0.2) is 4.98 Å². The number of rotatable bonds is 4. The molecule has 88 valence electrons. The zero-order chi connectivity index (χ0) is 12.3. The van der Waals surface area contributed by atoms with Crippen molar-refractivity contribution >= 4 is 27.7 Å². The Balaban J connectivity index is 2.12. The van der Waals surface area contributed by atoms with Gasteiger partial charge >= 0.3 is 0 Å². The van der Waals surface area contributed by atoms with Crippen LogP contribution >= 0.6 is 27.7 Å². The van der Waals surface area contributed by atoms with Crippen LogP contribution in [0.3, 0.4) is 0 Å². The minimum atomic E-state index is 0.737. The molecule has 17 heavy (non-hydrogen) atoms. The molecule has 1 aromatic carbocycles. The molecule has 0 aliphatic heterocycles. The summed E-state index contributed by atoms with van der Waals surface area (Å²) in [7, 11) is 0.